The Labute approximate surface area is 124 Å². The third kappa shape index (κ3) is 3.75. The minimum atomic E-state index is -0.679. The zero-order valence-electron chi connectivity index (χ0n) is 9.28. The summed E-state index contributed by atoms with van der Waals surface area (Å²) in [5, 5.41) is 3.44. The lowest BCUT2D eigenvalue weighted by Gasteiger charge is -2.21. The van der Waals surface area contributed by atoms with E-state index in [1.165, 1.54) is 0 Å². The monoisotopic (exact) mass is 357 g/mol. The number of amides is 1. The van der Waals surface area contributed by atoms with Crippen LogP contribution < -0.4 is 5.32 Å². The number of benzene rings is 1. The van der Waals surface area contributed by atoms with Crippen molar-refractivity contribution < 1.29 is 4.79 Å². The summed E-state index contributed by atoms with van der Waals surface area (Å²) in [4.78, 5) is 11.9. The van der Waals surface area contributed by atoms with E-state index in [0.717, 1.165) is 4.47 Å². The molecule has 0 fully saturated rings. The van der Waals surface area contributed by atoms with E-state index in [4.69, 9.17) is 34.8 Å². The third-order valence-electron chi connectivity index (χ3n) is 2.19. The minimum absolute atomic E-state index is 0.213. The van der Waals surface area contributed by atoms with Crippen molar-refractivity contribution in [2.24, 2.45) is 5.41 Å². The molecule has 2 nitrogen and oxygen atoms in total. The normalized spacial score (nSPS) is 11.4. The molecule has 0 aliphatic carbocycles. The number of nitrogens with one attached hydrogen (secondary N) is 1. The average molecular weight is 359 g/mol. The van der Waals surface area contributed by atoms with Crippen LogP contribution in [-0.2, 0) is 4.79 Å². The van der Waals surface area contributed by atoms with Crippen LogP contribution in [0.1, 0.15) is 13.8 Å². The highest BCUT2D eigenvalue weighted by atomic mass is 79.9. The standard InChI is InChI=1S/C11H11BrCl3NO/c1-11(2,5-13)10(17)16-9-7(14)3-6(12)4-8(9)15/h3-4H,5H2,1-2H3,(H,16,17). The molecule has 1 aromatic rings. The summed E-state index contributed by atoms with van der Waals surface area (Å²) < 4.78 is 0.752. The number of rotatable bonds is 3. The molecule has 0 radical (unpaired) electrons. The number of alkyl halides is 1. The fourth-order valence-corrected chi connectivity index (χ4v) is 2.43. The summed E-state index contributed by atoms with van der Waals surface area (Å²) in [6.07, 6.45) is 0. The van der Waals surface area contributed by atoms with Crippen LogP contribution in [0.25, 0.3) is 0 Å². The van der Waals surface area contributed by atoms with E-state index in [-0.39, 0.29) is 11.8 Å². The SMILES string of the molecule is CC(C)(CCl)C(=O)Nc1c(Cl)cc(Br)cc1Cl. The molecule has 0 spiro atoms. The Kier molecular flexibility index (Phi) is 5.14. The maximum atomic E-state index is 11.9. The highest BCUT2D eigenvalue weighted by Gasteiger charge is 2.27. The van der Waals surface area contributed by atoms with E-state index in [9.17, 15) is 4.79 Å². The first-order valence-electron chi connectivity index (χ1n) is 4.80. The molecular formula is C11H11BrCl3NO. The molecule has 6 heteroatoms. The van der Waals surface area contributed by atoms with E-state index >= 15 is 0 Å². The maximum absolute atomic E-state index is 11.9. The van der Waals surface area contributed by atoms with Crippen molar-refractivity contribution >= 4 is 62.3 Å². The van der Waals surface area contributed by atoms with Gasteiger partial charge in [0.15, 0.2) is 0 Å². The van der Waals surface area contributed by atoms with Gasteiger partial charge in [0.2, 0.25) is 5.91 Å². The van der Waals surface area contributed by atoms with E-state index in [1.807, 2.05) is 0 Å². The van der Waals surface area contributed by atoms with Crippen LogP contribution in [0.15, 0.2) is 16.6 Å². The van der Waals surface area contributed by atoms with Gasteiger partial charge in [-0.3, -0.25) is 4.79 Å². The van der Waals surface area contributed by atoms with Gasteiger partial charge in [-0.2, -0.15) is 0 Å². The lowest BCUT2D eigenvalue weighted by atomic mass is 9.95. The molecule has 0 unspecified atom stereocenters. The summed E-state index contributed by atoms with van der Waals surface area (Å²) in [5.74, 6) is -0.0106. The van der Waals surface area contributed by atoms with Crippen molar-refractivity contribution in [3.05, 3.63) is 26.7 Å². The fraction of sp³-hybridized carbons (Fsp3) is 0.364. The number of anilines is 1. The van der Waals surface area contributed by atoms with Gasteiger partial charge >= 0.3 is 0 Å². The van der Waals surface area contributed by atoms with Gasteiger partial charge in [-0.1, -0.05) is 39.1 Å². The van der Waals surface area contributed by atoms with Crippen LogP contribution in [-0.4, -0.2) is 11.8 Å². The van der Waals surface area contributed by atoms with Crippen LogP contribution in [0.2, 0.25) is 10.0 Å². The zero-order chi connectivity index (χ0) is 13.2. The molecule has 1 amide bonds. The van der Waals surface area contributed by atoms with Gasteiger partial charge in [0.05, 0.1) is 21.1 Å². The Morgan fingerprint density at radius 2 is 1.82 bits per heavy atom. The van der Waals surface area contributed by atoms with Gasteiger partial charge < -0.3 is 5.32 Å². The van der Waals surface area contributed by atoms with Gasteiger partial charge in [0, 0.05) is 10.4 Å². The van der Waals surface area contributed by atoms with Gasteiger partial charge in [-0.15, -0.1) is 11.6 Å². The molecule has 0 aliphatic heterocycles. The molecule has 1 rings (SSSR count). The second-order valence-electron chi connectivity index (χ2n) is 4.22. The lowest BCUT2D eigenvalue weighted by Crippen LogP contribution is -2.32. The summed E-state index contributed by atoms with van der Waals surface area (Å²) in [6.45, 7) is 3.49. The van der Waals surface area contributed by atoms with Gasteiger partial charge in [0.25, 0.3) is 0 Å². The molecule has 1 aromatic carbocycles. The lowest BCUT2D eigenvalue weighted by molar-refractivity contribution is -0.122. The Bertz CT molecular complexity index is 425. The predicted molar refractivity (Wildman–Crippen MR) is 77.3 cm³/mol. The molecule has 0 saturated carbocycles. The molecule has 17 heavy (non-hydrogen) atoms. The average Bonchev–Trinajstić information content (AvgIpc) is 2.22. The topological polar surface area (TPSA) is 29.1 Å². The molecular weight excluding hydrogens is 348 g/mol. The van der Waals surface area contributed by atoms with Crippen LogP contribution in [0.3, 0.4) is 0 Å². The second-order valence-corrected chi connectivity index (χ2v) is 6.21. The molecule has 0 heterocycles. The number of carbonyl (C=O) groups is 1. The van der Waals surface area contributed by atoms with Crippen LogP contribution in [0.4, 0.5) is 5.69 Å². The molecule has 1 N–H and O–H groups in total. The third-order valence-corrected chi connectivity index (χ3v) is 3.92. The summed E-state index contributed by atoms with van der Waals surface area (Å²) >= 11 is 21.0. The number of hydrogen-bond acceptors (Lipinski definition) is 1. The van der Waals surface area contributed by atoms with E-state index in [1.54, 1.807) is 26.0 Å². The van der Waals surface area contributed by atoms with Crippen LogP contribution in [0, 0.1) is 5.41 Å². The Morgan fingerprint density at radius 3 is 2.24 bits per heavy atom. The van der Waals surface area contributed by atoms with E-state index in [2.05, 4.69) is 21.2 Å². The van der Waals surface area contributed by atoms with Crippen LogP contribution >= 0.6 is 50.7 Å². The smallest absolute Gasteiger partial charge is 0.231 e. The van der Waals surface area contributed by atoms with Crippen molar-refractivity contribution in [3.63, 3.8) is 0 Å². The molecule has 94 valence electrons. The van der Waals surface area contributed by atoms with Gasteiger partial charge in [-0.25, -0.2) is 0 Å². The minimum Gasteiger partial charge on any atom is -0.323 e. The maximum Gasteiger partial charge on any atom is 0.231 e. The Morgan fingerprint density at radius 1 is 1.35 bits per heavy atom. The first-order valence-corrected chi connectivity index (χ1v) is 6.88. The molecule has 0 aromatic heterocycles. The molecule has 0 atom stereocenters. The highest BCUT2D eigenvalue weighted by Crippen LogP contribution is 2.34. The first kappa shape index (κ1) is 15.1. The van der Waals surface area contributed by atoms with Crippen molar-refractivity contribution in [2.45, 2.75) is 13.8 Å². The Balaban J connectivity index is 3.01. The first-order chi connectivity index (χ1) is 7.77. The largest absolute Gasteiger partial charge is 0.323 e. The number of carbonyl (C=O) groups excluding carboxylic acids is 1. The number of hydrogen-bond donors (Lipinski definition) is 1. The zero-order valence-corrected chi connectivity index (χ0v) is 13.1. The second kappa shape index (κ2) is 5.79. The van der Waals surface area contributed by atoms with E-state index in [0.29, 0.717) is 15.7 Å². The fourth-order valence-electron chi connectivity index (χ4n) is 1.01. The van der Waals surface area contributed by atoms with Crippen LogP contribution in [0.5, 0.6) is 0 Å². The van der Waals surface area contributed by atoms with E-state index < -0.39 is 5.41 Å². The highest BCUT2D eigenvalue weighted by molar-refractivity contribution is 9.10. The number of halogens is 4. The summed E-state index contributed by atoms with van der Waals surface area (Å²) in [7, 11) is 0. The van der Waals surface area contributed by atoms with Crippen molar-refractivity contribution in [3.8, 4) is 0 Å². The van der Waals surface area contributed by atoms with Crippen molar-refractivity contribution in [2.75, 3.05) is 11.2 Å². The van der Waals surface area contributed by atoms with Crippen molar-refractivity contribution in [1.82, 2.24) is 0 Å². The van der Waals surface area contributed by atoms with Gasteiger partial charge in [0.1, 0.15) is 0 Å². The summed E-state index contributed by atoms with van der Waals surface area (Å²) in [6, 6.07) is 3.33. The van der Waals surface area contributed by atoms with Crippen molar-refractivity contribution in [1.29, 1.82) is 0 Å². The predicted octanol–water partition coefficient (Wildman–Crippen LogP) is 4.96. The molecule has 0 aliphatic rings. The van der Waals surface area contributed by atoms with Gasteiger partial charge in [-0.05, 0) is 26.0 Å². The molecule has 0 bridgehead atoms. The Hall–Kier alpha value is 0.0400. The quantitative estimate of drug-likeness (QED) is 0.760. The summed E-state index contributed by atoms with van der Waals surface area (Å²) in [5.41, 5.74) is -0.277. The molecule has 0 saturated heterocycles.